The Morgan fingerprint density at radius 2 is 1.95 bits per heavy atom. The minimum atomic E-state index is -0.336. The SMILES string of the molecule is CN(Cc1cccc(Br)c1)C(=O)C1(CN)CCCCCC1. The van der Waals surface area contributed by atoms with Gasteiger partial charge < -0.3 is 10.6 Å². The van der Waals surface area contributed by atoms with Crippen molar-refractivity contribution < 1.29 is 4.79 Å². The first-order valence-electron chi connectivity index (χ1n) is 7.77. The average molecular weight is 353 g/mol. The number of halogens is 1. The Balaban J connectivity index is 2.09. The van der Waals surface area contributed by atoms with Crippen LogP contribution in [0.2, 0.25) is 0 Å². The summed E-state index contributed by atoms with van der Waals surface area (Å²) in [6.45, 7) is 1.11. The third-order valence-corrected chi connectivity index (χ3v) is 5.05. The highest BCUT2D eigenvalue weighted by Gasteiger charge is 2.38. The number of carbonyl (C=O) groups excluding carboxylic acids is 1. The first kappa shape index (κ1) is 16.5. The van der Waals surface area contributed by atoms with Crippen molar-refractivity contribution in [3.05, 3.63) is 34.3 Å². The zero-order valence-corrected chi connectivity index (χ0v) is 14.4. The third kappa shape index (κ3) is 4.07. The molecule has 0 heterocycles. The Labute approximate surface area is 136 Å². The van der Waals surface area contributed by atoms with E-state index in [1.807, 2.05) is 24.1 Å². The van der Waals surface area contributed by atoms with Crippen LogP contribution < -0.4 is 5.73 Å². The van der Waals surface area contributed by atoms with E-state index >= 15 is 0 Å². The van der Waals surface area contributed by atoms with Crippen LogP contribution in [-0.4, -0.2) is 24.4 Å². The molecule has 2 rings (SSSR count). The Kier molecular flexibility index (Phi) is 5.82. The van der Waals surface area contributed by atoms with Gasteiger partial charge in [-0.05, 0) is 30.5 Å². The van der Waals surface area contributed by atoms with E-state index in [-0.39, 0.29) is 11.3 Å². The van der Waals surface area contributed by atoms with Gasteiger partial charge in [-0.3, -0.25) is 4.79 Å². The molecule has 0 radical (unpaired) electrons. The molecule has 1 aromatic rings. The highest BCUT2D eigenvalue weighted by Crippen LogP contribution is 2.36. The fourth-order valence-corrected chi connectivity index (χ4v) is 3.74. The predicted octanol–water partition coefficient (Wildman–Crippen LogP) is 3.71. The van der Waals surface area contributed by atoms with E-state index < -0.39 is 0 Å². The number of benzene rings is 1. The number of amides is 1. The standard InChI is InChI=1S/C17H25BrN2O/c1-20(12-14-7-6-8-15(18)11-14)16(21)17(13-19)9-4-2-3-5-10-17/h6-8,11H,2-5,9-10,12-13,19H2,1H3. The van der Waals surface area contributed by atoms with Crippen LogP contribution in [0.1, 0.15) is 44.1 Å². The predicted molar refractivity (Wildman–Crippen MR) is 89.8 cm³/mol. The molecule has 2 N–H and O–H groups in total. The van der Waals surface area contributed by atoms with E-state index in [1.165, 1.54) is 12.8 Å². The molecule has 1 aliphatic carbocycles. The molecular weight excluding hydrogens is 328 g/mol. The average Bonchev–Trinajstić information content (AvgIpc) is 2.72. The molecule has 1 fully saturated rings. The molecule has 0 aromatic heterocycles. The second-order valence-electron chi connectivity index (χ2n) is 6.19. The first-order valence-corrected chi connectivity index (χ1v) is 8.57. The van der Waals surface area contributed by atoms with Crippen LogP contribution in [0.5, 0.6) is 0 Å². The van der Waals surface area contributed by atoms with Crippen LogP contribution in [0.15, 0.2) is 28.7 Å². The maximum absolute atomic E-state index is 12.9. The van der Waals surface area contributed by atoms with Crippen molar-refractivity contribution in [3.63, 3.8) is 0 Å². The molecule has 21 heavy (non-hydrogen) atoms. The van der Waals surface area contributed by atoms with Gasteiger partial charge in [-0.2, -0.15) is 0 Å². The summed E-state index contributed by atoms with van der Waals surface area (Å²) in [5.41, 5.74) is 6.81. The Bertz CT molecular complexity index is 481. The van der Waals surface area contributed by atoms with E-state index in [4.69, 9.17) is 5.73 Å². The molecule has 3 nitrogen and oxygen atoms in total. The molecule has 4 heteroatoms. The van der Waals surface area contributed by atoms with Crippen molar-refractivity contribution in [2.45, 2.75) is 45.1 Å². The van der Waals surface area contributed by atoms with Crippen LogP contribution in [0.3, 0.4) is 0 Å². The third-order valence-electron chi connectivity index (χ3n) is 4.56. The fourth-order valence-electron chi connectivity index (χ4n) is 3.30. The Hall–Kier alpha value is -0.870. The van der Waals surface area contributed by atoms with E-state index in [0.29, 0.717) is 13.1 Å². The van der Waals surface area contributed by atoms with Crippen molar-refractivity contribution in [1.82, 2.24) is 4.90 Å². The number of hydrogen-bond acceptors (Lipinski definition) is 2. The molecule has 0 aliphatic heterocycles. The summed E-state index contributed by atoms with van der Waals surface area (Å²) in [7, 11) is 1.89. The van der Waals surface area contributed by atoms with E-state index in [9.17, 15) is 4.79 Å². The first-order chi connectivity index (χ1) is 10.1. The van der Waals surface area contributed by atoms with Crippen molar-refractivity contribution in [2.24, 2.45) is 11.1 Å². The molecule has 116 valence electrons. The van der Waals surface area contributed by atoms with Crippen LogP contribution in [0.4, 0.5) is 0 Å². The smallest absolute Gasteiger partial charge is 0.230 e. The quantitative estimate of drug-likeness (QED) is 0.839. The monoisotopic (exact) mass is 352 g/mol. The molecule has 0 atom stereocenters. The van der Waals surface area contributed by atoms with Crippen LogP contribution in [-0.2, 0) is 11.3 Å². The van der Waals surface area contributed by atoms with Crippen molar-refractivity contribution in [1.29, 1.82) is 0 Å². The fraction of sp³-hybridized carbons (Fsp3) is 0.588. The lowest BCUT2D eigenvalue weighted by atomic mass is 9.79. The molecular formula is C17H25BrN2O. The molecule has 1 amide bonds. The summed E-state index contributed by atoms with van der Waals surface area (Å²) in [4.78, 5) is 14.8. The number of rotatable bonds is 4. The van der Waals surface area contributed by atoms with Gasteiger partial charge in [0.1, 0.15) is 0 Å². The summed E-state index contributed by atoms with van der Waals surface area (Å²) >= 11 is 3.48. The van der Waals surface area contributed by atoms with Crippen LogP contribution in [0, 0.1) is 5.41 Å². The van der Waals surface area contributed by atoms with Gasteiger partial charge in [-0.25, -0.2) is 0 Å². The summed E-state index contributed by atoms with van der Waals surface area (Å²) in [5.74, 6) is 0.215. The van der Waals surface area contributed by atoms with Crippen LogP contribution in [0.25, 0.3) is 0 Å². The normalized spacial score (nSPS) is 18.0. The largest absolute Gasteiger partial charge is 0.341 e. The lowest BCUT2D eigenvalue weighted by molar-refractivity contribution is -0.141. The van der Waals surface area contributed by atoms with Gasteiger partial charge >= 0.3 is 0 Å². The number of nitrogens with zero attached hydrogens (tertiary/aromatic N) is 1. The molecule has 1 saturated carbocycles. The second-order valence-corrected chi connectivity index (χ2v) is 7.11. The summed E-state index contributed by atoms with van der Waals surface area (Å²) < 4.78 is 1.05. The molecule has 1 aliphatic rings. The van der Waals surface area contributed by atoms with E-state index in [0.717, 1.165) is 35.7 Å². The maximum Gasteiger partial charge on any atom is 0.230 e. The van der Waals surface area contributed by atoms with Crippen molar-refractivity contribution in [3.8, 4) is 0 Å². The van der Waals surface area contributed by atoms with Gasteiger partial charge in [0.05, 0.1) is 5.41 Å². The van der Waals surface area contributed by atoms with Crippen molar-refractivity contribution in [2.75, 3.05) is 13.6 Å². The van der Waals surface area contributed by atoms with Gasteiger partial charge in [0.15, 0.2) is 0 Å². The van der Waals surface area contributed by atoms with E-state index in [2.05, 4.69) is 28.1 Å². The molecule has 0 spiro atoms. The summed E-state index contributed by atoms with van der Waals surface area (Å²) in [6, 6.07) is 8.11. The number of carbonyl (C=O) groups is 1. The lowest BCUT2D eigenvalue weighted by Gasteiger charge is -2.34. The van der Waals surface area contributed by atoms with Crippen molar-refractivity contribution >= 4 is 21.8 Å². The van der Waals surface area contributed by atoms with Gasteiger partial charge in [-0.1, -0.05) is 53.7 Å². The summed E-state index contributed by atoms with van der Waals surface area (Å²) in [5, 5.41) is 0. The molecule has 0 unspecified atom stereocenters. The minimum Gasteiger partial charge on any atom is -0.341 e. The van der Waals surface area contributed by atoms with Crippen LogP contribution >= 0.6 is 15.9 Å². The molecule has 0 bridgehead atoms. The van der Waals surface area contributed by atoms with Gasteiger partial charge in [0, 0.05) is 24.6 Å². The molecule has 1 aromatic carbocycles. The Morgan fingerprint density at radius 1 is 1.29 bits per heavy atom. The molecule has 0 saturated heterocycles. The maximum atomic E-state index is 12.9. The minimum absolute atomic E-state index is 0.215. The number of hydrogen-bond donors (Lipinski definition) is 1. The zero-order chi connectivity index (χ0) is 15.3. The van der Waals surface area contributed by atoms with Gasteiger partial charge in [-0.15, -0.1) is 0 Å². The highest BCUT2D eigenvalue weighted by molar-refractivity contribution is 9.10. The van der Waals surface area contributed by atoms with E-state index in [1.54, 1.807) is 0 Å². The highest BCUT2D eigenvalue weighted by atomic mass is 79.9. The summed E-state index contributed by atoms with van der Waals surface area (Å²) in [6.07, 6.45) is 6.56. The number of nitrogens with two attached hydrogens (primary N) is 1. The zero-order valence-electron chi connectivity index (χ0n) is 12.8. The Morgan fingerprint density at radius 3 is 2.52 bits per heavy atom. The topological polar surface area (TPSA) is 46.3 Å². The van der Waals surface area contributed by atoms with Gasteiger partial charge in [0.2, 0.25) is 5.91 Å². The van der Waals surface area contributed by atoms with Gasteiger partial charge in [0.25, 0.3) is 0 Å². The second kappa shape index (κ2) is 7.41. The lowest BCUT2D eigenvalue weighted by Crippen LogP contribution is -2.46.